The molecular weight excluding hydrogens is 473 g/mol. The molecule has 190 valence electrons. The van der Waals surface area contributed by atoms with E-state index in [9.17, 15) is 9.18 Å². The summed E-state index contributed by atoms with van der Waals surface area (Å²) in [5, 5.41) is 12.0. The fraction of sp³-hybridized carbons (Fsp3) is 0.222. The number of halogens is 1. The maximum Gasteiger partial charge on any atom is 0.323 e. The van der Waals surface area contributed by atoms with Gasteiger partial charge >= 0.3 is 6.03 Å². The highest BCUT2D eigenvalue weighted by molar-refractivity contribution is 6.00. The van der Waals surface area contributed by atoms with E-state index in [-0.39, 0.29) is 5.69 Å². The highest BCUT2D eigenvalue weighted by Gasteiger charge is 2.24. The number of aromatic nitrogens is 3. The molecule has 1 fully saturated rings. The molecule has 1 atom stereocenters. The Bertz CT molecular complexity index is 1380. The van der Waals surface area contributed by atoms with Crippen molar-refractivity contribution < 1.29 is 13.9 Å². The second kappa shape index (κ2) is 10.7. The van der Waals surface area contributed by atoms with E-state index in [1.54, 1.807) is 36.8 Å². The Kier molecular flexibility index (Phi) is 7.00. The van der Waals surface area contributed by atoms with E-state index in [0.717, 1.165) is 30.8 Å². The first-order chi connectivity index (χ1) is 17.9. The molecule has 37 heavy (non-hydrogen) atoms. The lowest BCUT2D eigenvalue weighted by atomic mass is 10.2. The number of hydrogen-bond acceptors (Lipinski definition) is 6. The summed E-state index contributed by atoms with van der Waals surface area (Å²) in [6, 6.07) is 15.3. The van der Waals surface area contributed by atoms with Crippen LogP contribution in [-0.2, 0) is 0 Å². The topological polar surface area (TPSA) is 98.4 Å². The number of benzene rings is 2. The van der Waals surface area contributed by atoms with Crippen molar-refractivity contribution in [2.45, 2.75) is 12.5 Å². The van der Waals surface area contributed by atoms with Crippen molar-refractivity contribution in [3.05, 3.63) is 79.0 Å². The monoisotopic (exact) mass is 501 g/mol. The number of nitrogens with zero attached hydrogens (tertiary/aromatic N) is 4. The number of nitrogens with one attached hydrogen (secondary N) is 3. The maximum atomic E-state index is 14.8. The van der Waals surface area contributed by atoms with Gasteiger partial charge in [0.15, 0.2) is 0 Å². The molecule has 1 unspecified atom stereocenters. The molecule has 4 aromatic rings. The predicted molar refractivity (Wildman–Crippen MR) is 142 cm³/mol. The second-order valence-electron chi connectivity index (χ2n) is 9.09. The van der Waals surface area contributed by atoms with Gasteiger partial charge in [-0.15, -0.1) is 0 Å². The van der Waals surface area contributed by atoms with Crippen LogP contribution in [0, 0.1) is 5.82 Å². The van der Waals surface area contributed by atoms with Gasteiger partial charge in [-0.25, -0.2) is 9.18 Å². The van der Waals surface area contributed by atoms with E-state index >= 15 is 0 Å². The third-order valence-electron chi connectivity index (χ3n) is 6.31. The average molecular weight is 502 g/mol. The van der Waals surface area contributed by atoms with Gasteiger partial charge in [0, 0.05) is 60.6 Å². The number of hydrogen-bond donors (Lipinski definition) is 3. The molecule has 0 bridgehead atoms. The quantitative estimate of drug-likeness (QED) is 0.323. The van der Waals surface area contributed by atoms with E-state index in [2.05, 4.69) is 49.7 Å². The van der Waals surface area contributed by atoms with Crippen molar-refractivity contribution in [1.82, 2.24) is 20.1 Å². The normalized spacial score (nSPS) is 15.1. The first kappa shape index (κ1) is 24.3. The van der Waals surface area contributed by atoms with Gasteiger partial charge < -0.3 is 25.2 Å². The molecule has 10 heteroatoms. The van der Waals surface area contributed by atoms with Crippen LogP contribution in [0.5, 0.6) is 11.5 Å². The average Bonchev–Trinajstić information content (AvgIpc) is 3.59. The number of likely N-dealkylation sites (N-methyl/N-ethyl adjacent to an activating group) is 1. The van der Waals surface area contributed by atoms with Crippen molar-refractivity contribution in [2.75, 3.05) is 42.7 Å². The largest absolute Gasteiger partial charge is 0.457 e. The Morgan fingerprint density at radius 2 is 2.00 bits per heavy atom. The van der Waals surface area contributed by atoms with E-state index in [0.29, 0.717) is 28.9 Å². The molecule has 3 N–H and O–H groups in total. The number of pyridine rings is 1. The molecule has 9 nitrogen and oxygen atoms in total. The van der Waals surface area contributed by atoms with Crippen LogP contribution in [-0.4, -0.2) is 59.3 Å². The summed E-state index contributed by atoms with van der Waals surface area (Å²) in [5.74, 6) is 0.179. The van der Waals surface area contributed by atoms with Crippen LogP contribution in [0.2, 0.25) is 0 Å². The Morgan fingerprint density at radius 1 is 1.14 bits per heavy atom. The minimum atomic E-state index is -0.614. The van der Waals surface area contributed by atoms with Crippen LogP contribution in [0.3, 0.4) is 0 Å². The van der Waals surface area contributed by atoms with Gasteiger partial charge in [-0.1, -0.05) is 6.07 Å². The van der Waals surface area contributed by atoms with E-state index in [1.165, 1.54) is 12.1 Å². The highest BCUT2D eigenvalue weighted by Crippen LogP contribution is 2.28. The molecule has 0 aliphatic carbocycles. The second-order valence-corrected chi connectivity index (χ2v) is 9.09. The van der Waals surface area contributed by atoms with Crippen LogP contribution >= 0.6 is 0 Å². The summed E-state index contributed by atoms with van der Waals surface area (Å²) in [6.07, 6.45) is 6.07. The number of carbonyl (C=O) groups is 1. The lowest BCUT2D eigenvalue weighted by molar-refractivity contribution is 0.262. The van der Waals surface area contributed by atoms with Gasteiger partial charge in [0.25, 0.3) is 0 Å². The number of carbonyl (C=O) groups excluding carboxylic acids is 1. The van der Waals surface area contributed by atoms with Gasteiger partial charge in [-0.05, 0) is 56.9 Å². The van der Waals surface area contributed by atoms with Gasteiger partial charge in [0.2, 0.25) is 0 Å². The molecule has 1 aliphatic heterocycles. The first-order valence-corrected chi connectivity index (χ1v) is 12.0. The zero-order chi connectivity index (χ0) is 25.8. The van der Waals surface area contributed by atoms with Crippen molar-refractivity contribution in [3.63, 3.8) is 0 Å². The predicted octanol–water partition coefficient (Wildman–Crippen LogP) is 5.19. The van der Waals surface area contributed by atoms with Crippen molar-refractivity contribution >= 4 is 23.1 Å². The van der Waals surface area contributed by atoms with Crippen molar-refractivity contribution in [1.29, 1.82) is 0 Å². The third kappa shape index (κ3) is 5.87. The van der Waals surface area contributed by atoms with Crippen molar-refractivity contribution in [2.24, 2.45) is 0 Å². The van der Waals surface area contributed by atoms with E-state index in [4.69, 9.17) is 4.74 Å². The Balaban J connectivity index is 1.20. The fourth-order valence-electron chi connectivity index (χ4n) is 4.28. The number of ether oxygens (including phenoxy) is 1. The smallest absolute Gasteiger partial charge is 0.323 e. The van der Waals surface area contributed by atoms with Crippen LogP contribution in [0.4, 0.5) is 26.2 Å². The lowest BCUT2D eigenvalue weighted by Crippen LogP contribution is -2.31. The first-order valence-electron chi connectivity index (χ1n) is 12.0. The van der Waals surface area contributed by atoms with Gasteiger partial charge in [-0.3, -0.25) is 10.1 Å². The van der Waals surface area contributed by atoms with Crippen LogP contribution in [0.25, 0.3) is 11.3 Å². The zero-order valence-corrected chi connectivity index (χ0v) is 20.6. The SMILES string of the molecule is CN(C)C1CCN(c2cccc(NC(=O)Nc3ccc(Oc4ccnc(-c5cn[nH]c5)c4)cc3F)c2)C1. The summed E-state index contributed by atoms with van der Waals surface area (Å²) >= 11 is 0. The molecular formula is C27H28FN7O2. The zero-order valence-electron chi connectivity index (χ0n) is 20.6. The molecule has 5 rings (SSSR count). The summed E-state index contributed by atoms with van der Waals surface area (Å²) in [7, 11) is 4.18. The maximum absolute atomic E-state index is 14.8. The molecule has 1 aliphatic rings. The molecule has 0 saturated carbocycles. The van der Waals surface area contributed by atoms with Gasteiger partial charge in [0.1, 0.15) is 17.3 Å². The summed E-state index contributed by atoms with van der Waals surface area (Å²) in [4.78, 5) is 21.4. The molecule has 1 saturated heterocycles. The molecule has 2 aromatic heterocycles. The number of rotatable bonds is 7. The van der Waals surface area contributed by atoms with Crippen molar-refractivity contribution in [3.8, 4) is 22.8 Å². The Morgan fingerprint density at radius 3 is 2.76 bits per heavy atom. The highest BCUT2D eigenvalue weighted by atomic mass is 19.1. The Hall–Kier alpha value is -4.44. The molecule has 0 radical (unpaired) electrons. The lowest BCUT2D eigenvalue weighted by Gasteiger charge is -2.22. The molecule has 3 heterocycles. The number of H-pyrrole nitrogens is 1. The van der Waals surface area contributed by atoms with Crippen LogP contribution in [0.1, 0.15) is 6.42 Å². The molecule has 0 spiro atoms. The Labute approximate surface area is 214 Å². The number of aromatic amines is 1. The summed E-state index contributed by atoms with van der Waals surface area (Å²) in [5.41, 5.74) is 3.21. The minimum Gasteiger partial charge on any atom is -0.457 e. The third-order valence-corrected chi connectivity index (χ3v) is 6.31. The standard InChI is InChI=1S/C27H28FN7O2/c1-34(2)21-9-11-35(17-21)20-5-3-4-19(12-20)32-27(36)33-25-7-6-22(13-24(25)28)37-23-8-10-29-26(14-23)18-15-30-31-16-18/h3-8,10,12-16,21H,9,11,17H2,1-2H3,(H,30,31)(H2,32,33,36). The van der Waals surface area contributed by atoms with Crippen LogP contribution < -0.4 is 20.3 Å². The van der Waals surface area contributed by atoms with E-state index in [1.807, 2.05) is 24.3 Å². The van der Waals surface area contributed by atoms with E-state index < -0.39 is 11.8 Å². The molecule has 2 aromatic carbocycles. The molecule has 2 amide bonds. The number of urea groups is 1. The fourth-order valence-corrected chi connectivity index (χ4v) is 4.28. The number of anilines is 3. The van der Waals surface area contributed by atoms with Crippen LogP contribution in [0.15, 0.2) is 73.2 Å². The van der Waals surface area contributed by atoms with Gasteiger partial charge in [0.05, 0.1) is 17.6 Å². The number of amides is 2. The summed E-state index contributed by atoms with van der Waals surface area (Å²) < 4.78 is 20.6. The van der Waals surface area contributed by atoms with Gasteiger partial charge in [-0.2, -0.15) is 5.10 Å². The summed E-state index contributed by atoms with van der Waals surface area (Å²) in [6.45, 7) is 1.90. The minimum absolute atomic E-state index is 0.0446.